The lowest BCUT2D eigenvalue weighted by Crippen LogP contribution is -2.38. The Morgan fingerprint density at radius 1 is 1.43 bits per heavy atom. The maximum atomic E-state index is 12.6. The number of nitrogens with zero attached hydrogens (tertiary/aromatic N) is 2. The van der Waals surface area contributed by atoms with E-state index in [0.29, 0.717) is 18.9 Å². The summed E-state index contributed by atoms with van der Waals surface area (Å²) in [6, 6.07) is 0.260. The Balaban J connectivity index is 1.88. The van der Waals surface area contributed by atoms with E-state index < -0.39 is 0 Å². The summed E-state index contributed by atoms with van der Waals surface area (Å²) in [6.45, 7) is 7.49. The van der Waals surface area contributed by atoms with Gasteiger partial charge in [-0.05, 0) is 39.3 Å². The molecule has 3 unspecified atom stereocenters. The number of amides is 2. The quantitative estimate of drug-likeness (QED) is 0.798. The third-order valence-electron chi connectivity index (χ3n) is 4.84. The number of nitrogens with one attached hydrogen (secondary N) is 1. The molecule has 120 valence electrons. The van der Waals surface area contributed by atoms with Gasteiger partial charge in [-0.3, -0.25) is 9.59 Å². The van der Waals surface area contributed by atoms with Gasteiger partial charge < -0.3 is 15.1 Å². The second-order valence-electron chi connectivity index (χ2n) is 6.58. The molecule has 2 heterocycles. The Bertz CT molecular complexity index is 386. The predicted molar refractivity (Wildman–Crippen MR) is 82.8 cm³/mol. The summed E-state index contributed by atoms with van der Waals surface area (Å²) < 4.78 is 0. The van der Waals surface area contributed by atoms with Crippen molar-refractivity contribution in [1.29, 1.82) is 0 Å². The zero-order chi connectivity index (χ0) is 15.4. The summed E-state index contributed by atoms with van der Waals surface area (Å²) in [5.74, 6) is 0.782. The fourth-order valence-electron chi connectivity index (χ4n) is 3.64. The minimum atomic E-state index is -0.120. The Morgan fingerprint density at radius 3 is 2.86 bits per heavy atom. The number of hydrogen-bond donors (Lipinski definition) is 1. The molecule has 2 aliphatic rings. The Hall–Kier alpha value is -1.10. The normalized spacial score (nSPS) is 27.5. The van der Waals surface area contributed by atoms with E-state index in [2.05, 4.69) is 19.2 Å². The van der Waals surface area contributed by atoms with Crippen molar-refractivity contribution in [2.24, 2.45) is 11.8 Å². The summed E-state index contributed by atoms with van der Waals surface area (Å²) in [5.41, 5.74) is 0. The Kier molecular flexibility index (Phi) is 5.62. The van der Waals surface area contributed by atoms with Gasteiger partial charge in [-0.15, -0.1) is 0 Å². The van der Waals surface area contributed by atoms with Gasteiger partial charge in [0.2, 0.25) is 11.8 Å². The minimum Gasteiger partial charge on any atom is -0.342 e. The number of likely N-dealkylation sites (tertiary alicyclic amines) is 2. The van der Waals surface area contributed by atoms with Crippen LogP contribution in [0.1, 0.15) is 39.5 Å². The lowest BCUT2D eigenvalue weighted by molar-refractivity contribution is -0.135. The summed E-state index contributed by atoms with van der Waals surface area (Å²) in [7, 11) is 1.95. The largest absolute Gasteiger partial charge is 0.342 e. The molecular formula is C16H29N3O2. The third kappa shape index (κ3) is 3.76. The number of carbonyl (C=O) groups is 2. The lowest BCUT2D eigenvalue weighted by Gasteiger charge is -2.25. The van der Waals surface area contributed by atoms with Gasteiger partial charge in [0.25, 0.3) is 0 Å². The van der Waals surface area contributed by atoms with E-state index in [0.717, 1.165) is 38.9 Å². The summed E-state index contributed by atoms with van der Waals surface area (Å²) in [6.07, 6.45) is 3.56. The van der Waals surface area contributed by atoms with E-state index in [-0.39, 0.29) is 23.8 Å². The molecule has 0 aromatic heterocycles. The van der Waals surface area contributed by atoms with Crippen LogP contribution in [0.4, 0.5) is 0 Å². The highest BCUT2D eigenvalue weighted by molar-refractivity contribution is 5.89. The standard InChI is InChI=1S/C16H29N3O2/c1-4-5-12(2)19-11-14(8-15(19)20)16(21)18-7-6-13(10-18)9-17-3/h12-14,17H,4-11H2,1-3H3. The van der Waals surface area contributed by atoms with E-state index >= 15 is 0 Å². The second kappa shape index (κ2) is 7.25. The molecule has 0 radical (unpaired) electrons. The first-order chi connectivity index (χ1) is 10.1. The second-order valence-corrected chi connectivity index (χ2v) is 6.58. The smallest absolute Gasteiger partial charge is 0.228 e. The lowest BCUT2D eigenvalue weighted by atomic mass is 10.1. The first-order valence-electron chi connectivity index (χ1n) is 8.29. The van der Waals surface area contributed by atoms with Gasteiger partial charge in [0.1, 0.15) is 0 Å². The van der Waals surface area contributed by atoms with Gasteiger partial charge in [-0.25, -0.2) is 0 Å². The van der Waals surface area contributed by atoms with Crippen LogP contribution in [-0.2, 0) is 9.59 Å². The fraction of sp³-hybridized carbons (Fsp3) is 0.875. The molecular weight excluding hydrogens is 266 g/mol. The van der Waals surface area contributed by atoms with Crippen LogP contribution in [0.5, 0.6) is 0 Å². The van der Waals surface area contributed by atoms with Crippen LogP contribution in [0, 0.1) is 11.8 Å². The molecule has 1 N–H and O–H groups in total. The molecule has 0 aliphatic carbocycles. The molecule has 5 heteroatoms. The van der Waals surface area contributed by atoms with Crippen molar-refractivity contribution in [2.75, 3.05) is 33.2 Å². The number of rotatable bonds is 6. The molecule has 2 amide bonds. The van der Waals surface area contributed by atoms with Crippen molar-refractivity contribution in [3.05, 3.63) is 0 Å². The molecule has 2 aliphatic heterocycles. The van der Waals surface area contributed by atoms with Crippen molar-refractivity contribution in [2.45, 2.75) is 45.6 Å². The summed E-state index contributed by atoms with van der Waals surface area (Å²) >= 11 is 0. The molecule has 0 saturated carbocycles. The van der Waals surface area contributed by atoms with E-state index in [4.69, 9.17) is 0 Å². The van der Waals surface area contributed by atoms with Crippen LogP contribution < -0.4 is 5.32 Å². The molecule has 21 heavy (non-hydrogen) atoms. The molecule has 3 atom stereocenters. The Labute approximate surface area is 128 Å². The van der Waals surface area contributed by atoms with Gasteiger partial charge in [0, 0.05) is 32.1 Å². The minimum absolute atomic E-state index is 0.120. The van der Waals surface area contributed by atoms with E-state index in [1.54, 1.807) is 0 Å². The van der Waals surface area contributed by atoms with E-state index in [1.807, 2.05) is 16.8 Å². The SMILES string of the molecule is CCCC(C)N1CC(C(=O)N2CCC(CNC)C2)CC1=O. The van der Waals surface area contributed by atoms with Gasteiger partial charge in [0.15, 0.2) is 0 Å². The highest BCUT2D eigenvalue weighted by Crippen LogP contribution is 2.26. The Morgan fingerprint density at radius 2 is 2.19 bits per heavy atom. The fourth-order valence-corrected chi connectivity index (χ4v) is 3.64. The topological polar surface area (TPSA) is 52.7 Å². The van der Waals surface area contributed by atoms with Gasteiger partial charge >= 0.3 is 0 Å². The van der Waals surface area contributed by atoms with Crippen LogP contribution in [0.25, 0.3) is 0 Å². The molecule has 0 bridgehead atoms. The first-order valence-corrected chi connectivity index (χ1v) is 8.29. The highest BCUT2D eigenvalue weighted by atomic mass is 16.2. The summed E-state index contributed by atoms with van der Waals surface area (Å²) in [5, 5.41) is 3.18. The third-order valence-corrected chi connectivity index (χ3v) is 4.84. The molecule has 0 aromatic carbocycles. The van der Waals surface area contributed by atoms with Gasteiger partial charge in [0.05, 0.1) is 5.92 Å². The molecule has 5 nitrogen and oxygen atoms in total. The van der Waals surface area contributed by atoms with Crippen molar-refractivity contribution in [3.63, 3.8) is 0 Å². The van der Waals surface area contributed by atoms with Gasteiger partial charge in [-0.2, -0.15) is 0 Å². The number of hydrogen-bond acceptors (Lipinski definition) is 3. The van der Waals surface area contributed by atoms with Crippen LogP contribution in [0.2, 0.25) is 0 Å². The van der Waals surface area contributed by atoms with Crippen molar-refractivity contribution in [3.8, 4) is 0 Å². The molecule has 2 saturated heterocycles. The van der Waals surface area contributed by atoms with Crippen molar-refractivity contribution >= 4 is 11.8 Å². The number of carbonyl (C=O) groups excluding carboxylic acids is 2. The van der Waals surface area contributed by atoms with Crippen molar-refractivity contribution in [1.82, 2.24) is 15.1 Å². The predicted octanol–water partition coefficient (Wildman–Crippen LogP) is 1.09. The van der Waals surface area contributed by atoms with Crippen LogP contribution >= 0.6 is 0 Å². The molecule has 2 fully saturated rings. The maximum absolute atomic E-state index is 12.6. The van der Waals surface area contributed by atoms with Crippen LogP contribution in [0.15, 0.2) is 0 Å². The average Bonchev–Trinajstić information content (AvgIpc) is 3.05. The summed E-state index contributed by atoms with van der Waals surface area (Å²) in [4.78, 5) is 28.6. The van der Waals surface area contributed by atoms with E-state index in [9.17, 15) is 9.59 Å². The highest BCUT2D eigenvalue weighted by Gasteiger charge is 2.39. The zero-order valence-corrected chi connectivity index (χ0v) is 13.6. The average molecular weight is 295 g/mol. The monoisotopic (exact) mass is 295 g/mol. The molecule has 0 spiro atoms. The van der Waals surface area contributed by atoms with Crippen molar-refractivity contribution < 1.29 is 9.59 Å². The first kappa shape index (κ1) is 16.3. The van der Waals surface area contributed by atoms with Gasteiger partial charge in [-0.1, -0.05) is 13.3 Å². The zero-order valence-electron chi connectivity index (χ0n) is 13.6. The molecule has 0 aromatic rings. The van der Waals surface area contributed by atoms with Crippen LogP contribution in [-0.4, -0.2) is 60.9 Å². The van der Waals surface area contributed by atoms with E-state index in [1.165, 1.54) is 0 Å². The molecule has 2 rings (SSSR count). The van der Waals surface area contributed by atoms with Crippen LogP contribution in [0.3, 0.4) is 0 Å². The maximum Gasteiger partial charge on any atom is 0.228 e.